The SMILES string of the molecule is O=C(O)CC1CCCN1CCCCCO. The molecule has 2 N–H and O–H groups in total. The zero-order chi connectivity index (χ0) is 11.1. The van der Waals surface area contributed by atoms with Gasteiger partial charge in [-0.15, -0.1) is 0 Å². The summed E-state index contributed by atoms with van der Waals surface area (Å²) in [6.07, 6.45) is 5.38. The summed E-state index contributed by atoms with van der Waals surface area (Å²) < 4.78 is 0. The third-order valence-electron chi connectivity index (χ3n) is 3.01. The lowest BCUT2D eigenvalue weighted by Crippen LogP contribution is -2.32. The second-order valence-corrected chi connectivity index (χ2v) is 4.21. The second kappa shape index (κ2) is 6.80. The van der Waals surface area contributed by atoms with E-state index in [-0.39, 0.29) is 19.1 Å². The van der Waals surface area contributed by atoms with Crippen molar-refractivity contribution in [2.75, 3.05) is 19.7 Å². The maximum absolute atomic E-state index is 10.6. The predicted molar refractivity (Wildman–Crippen MR) is 57.8 cm³/mol. The van der Waals surface area contributed by atoms with Crippen molar-refractivity contribution >= 4 is 5.97 Å². The molecule has 0 radical (unpaired) electrons. The van der Waals surface area contributed by atoms with Crippen LogP contribution in [0.3, 0.4) is 0 Å². The minimum absolute atomic E-state index is 0.247. The first kappa shape index (κ1) is 12.5. The number of hydrogen-bond donors (Lipinski definition) is 2. The van der Waals surface area contributed by atoms with Crippen LogP contribution in [0, 0.1) is 0 Å². The monoisotopic (exact) mass is 215 g/mol. The molecular weight excluding hydrogens is 194 g/mol. The Hall–Kier alpha value is -0.610. The van der Waals surface area contributed by atoms with Gasteiger partial charge in [0.2, 0.25) is 0 Å². The van der Waals surface area contributed by atoms with Crippen LogP contribution in [0.5, 0.6) is 0 Å². The fourth-order valence-electron chi connectivity index (χ4n) is 2.23. The summed E-state index contributed by atoms with van der Waals surface area (Å²) in [6, 6.07) is 0.247. The Kier molecular flexibility index (Phi) is 5.65. The van der Waals surface area contributed by atoms with Gasteiger partial charge in [0.1, 0.15) is 0 Å². The summed E-state index contributed by atoms with van der Waals surface area (Å²) in [5, 5.41) is 17.4. The van der Waals surface area contributed by atoms with E-state index in [0.29, 0.717) is 0 Å². The Labute approximate surface area is 90.9 Å². The third kappa shape index (κ3) is 4.62. The molecule has 1 aliphatic rings. The summed E-state index contributed by atoms with van der Waals surface area (Å²) in [5.74, 6) is -0.692. The Morgan fingerprint density at radius 3 is 2.80 bits per heavy atom. The van der Waals surface area contributed by atoms with E-state index >= 15 is 0 Å². The van der Waals surface area contributed by atoms with Crippen LogP contribution < -0.4 is 0 Å². The van der Waals surface area contributed by atoms with Gasteiger partial charge in [-0.25, -0.2) is 0 Å². The molecule has 0 bridgehead atoms. The summed E-state index contributed by atoms with van der Waals surface area (Å²) in [5.41, 5.74) is 0. The van der Waals surface area contributed by atoms with Gasteiger partial charge in [0.05, 0.1) is 6.42 Å². The number of nitrogens with zero attached hydrogens (tertiary/aromatic N) is 1. The number of likely N-dealkylation sites (tertiary alicyclic amines) is 1. The van der Waals surface area contributed by atoms with Gasteiger partial charge >= 0.3 is 5.97 Å². The van der Waals surface area contributed by atoms with Crippen molar-refractivity contribution in [3.8, 4) is 0 Å². The fraction of sp³-hybridized carbons (Fsp3) is 0.909. The summed E-state index contributed by atoms with van der Waals surface area (Å²) in [6.45, 7) is 2.29. The van der Waals surface area contributed by atoms with Gasteiger partial charge < -0.3 is 10.2 Å². The number of carboxylic acids is 1. The van der Waals surface area contributed by atoms with E-state index < -0.39 is 5.97 Å². The van der Waals surface area contributed by atoms with Gasteiger partial charge in [-0.05, 0) is 45.2 Å². The molecule has 0 amide bonds. The van der Waals surface area contributed by atoms with Crippen molar-refractivity contribution in [3.63, 3.8) is 0 Å². The van der Waals surface area contributed by atoms with E-state index in [9.17, 15) is 4.79 Å². The van der Waals surface area contributed by atoms with Crippen LogP contribution in [-0.2, 0) is 4.79 Å². The maximum Gasteiger partial charge on any atom is 0.304 e. The van der Waals surface area contributed by atoms with Crippen LogP contribution in [0.1, 0.15) is 38.5 Å². The van der Waals surface area contributed by atoms with Crippen LogP contribution in [0.2, 0.25) is 0 Å². The van der Waals surface area contributed by atoms with Crippen molar-refractivity contribution in [1.29, 1.82) is 0 Å². The van der Waals surface area contributed by atoms with Gasteiger partial charge in [-0.3, -0.25) is 9.69 Å². The molecular formula is C11H21NO3. The molecule has 1 aliphatic heterocycles. The number of aliphatic carboxylic acids is 1. The number of carboxylic acid groups (broad SMARTS) is 1. The number of aliphatic hydroxyl groups is 1. The fourth-order valence-corrected chi connectivity index (χ4v) is 2.23. The normalized spacial score (nSPS) is 22.1. The molecule has 1 heterocycles. The number of aliphatic hydroxyl groups excluding tert-OH is 1. The van der Waals surface area contributed by atoms with E-state index in [2.05, 4.69) is 4.90 Å². The zero-order valence-electron chi connectivity index (χ0n) is 9.19. The average molecular weight is 215 g/mol. The lowest BCUT2D eigenvalue weighted by molar-refractivity contribution is -0.138. The molecule has 1 saturated heterocycles. The largest absolute Gasteiger partial charge is 0.481 e. The Morgan fingerprint density at radius 1 is 1.33 bits per heavy atom. The quantitative estimate of drug-likeness (QED) is 0.624. The molecule has 0 aromatic heterocycles. The molecule has 1 rings (SSSR count). The molecule has 1 atom stereocenters. The molecule has 88 valence electrons. The predicted octanol–water partition coefficient (Wildman–Crippen LogP) is 1.09. The third-order valence-corrected chi connectivity index (χ3v) is 3.01. The smallest absolute Gasteiger partial charge is 0.304 e. The summed E-state index contributed by atoms with van der Waals surface area (Å²) in [7, 11) is 0. The minimum atomic E-state index is -0.692. The van der Waals surface area contributed by atoms with Crippen LogP contribution in [0.25, 0.3) is 0 Å². The topological polar surface area (TPSA) is 60.8 Å². The molecule has 0 aromatic carbocycles. The molecule has 0 spiro atoms. The van der Waals surface area contributed by atoms with Crippen molar-refractivity contribution in [3.05, 3.63) is 0 Å². The van der Waals surface area contributed by atoms with E-state index in [4.69, 9.17) is 10.2 Å². The minimum Gasteiger partial charge on any atom is -0.481 e. The first-order valence-corrected chi connectivity index (χ1v) is 5.80. The van der Waals surface area contributed by atoms with Gasteiger partial charge in [0.25, 0.3) is 0 Å². The van der Waals surface area contributed by atoms with Gasteiger partial charge in [-0.2, -0.15) is 0 Å². The van der Waals surface area contributed by atoms with E-state index in [1.807, 2.05) is 0 Å². The van der Waals surface area contributed by atoms with Crippen molar-refractivity contribution < 1.29 is 15.0 Å². The van der Waals surface area contributed by atoms with Gasteiger partial charge in [0, 0.05) is 12.6 Å². The zero-order valence-corrected chi connectivity index (χ0v) is 9.19. The number of unbranched alkanes of at least 4 members (excludes halogenated alkanes) is 2. The molecule has 4 nitrogen and oxygen atoms in total. The van der Waals surface area contributed by atoms with Crippen molar-refractivity contribution in [2.24, 2.45) is 0 Å². The highest BCUT2D eigenvalue weighted by Gasteiger charge is 2.25. The molecule has 0 aromatic rings. The lowest BCUT2D eigenvalue weighted by atomic mass is 10.1. The standard InChI is InChI=1S/C11H21NO3/c13-8-3-1-2-6-12-7-4-5-10(12)9-11(14)15/h10,13H,1-9H2,(H,14,15). The maximum atomic E-state index is 10.6. The van der Waals surface area contributed by atoms with Crippen molar-refractivity contribution in [1.82, 2.24) is 4.90 Å². The van der Waals surface area contributed by atoms with Crippen LogP contribution in [0.4, 0.5) is 0 Å². The highest BCUT2D eigenvalue weighted by Crippen LogP contribution is 2.20. The second-order valence-electron chi connectivity index (χ2n) is 4.21. The molecule has 4 heteroatoms. The summed E-state index contributed by atoms with van der Waals surface area (Å²) >= 11 is 0. The molecule has 1 fully saturated rings. The van der Waals surface area contributed by atoms with E-state index in [0.717, 1.165) is 45.2 Å². The Morgan fingerprint density at radius 2 is 2.13 bits per heavy atom. The van der Waals surface area contributed by atoms with E-state index in [1.54, 1.807) is 0 Å². The first-order chi connectivity index (χ1) is 7.24. The van der Waals surface area contributed by atoms with Crippen LogP contribution >= 0.6 is 0 Å². The Bertz CT molecular complexity index is 196. The molecule has 0 aliphatic carbocycles. The molecule has 1 unspecified atom stereocenters. The highest BCUT2D eigenvalue weighted by atomic mass is 16.4. The van der Waals surface area contributed by atoms with Crippen molar-refractivity contribution in [2.45, 2.75) is 44.6 Å². The highest BCUT2D eigenvalue weighted by molar-refractivity contribution is 5.67. The lowest BCUT2D eigenvalue weighted by Gasteiger charge is -2.22. The molecule has 15 heavy (non-hydrogen) atoms. The van der Waals surface area contributed by atoms with Gasteiger partial charge in [-0.1, -0.05) is 0 Å². The Balaban J connectivity index is 2.18. The van der Waals surface area contributed by atoms with Gasteiger partial charge in [0.15, 0.2) is 0 Å². The average Bonchev–Trinajstić information content (AvgIpc) is 2.59. The van der Waals surface area contributed by atoms with Crippen LogP contribution in [-0.4, -0.2) is 46.8 Å². The number of hydrogen-bond acceptors (Lipinski definition) is 3. The van der Waals surface area contributed by atoms with E-state index in [1.165, 1.54) is 0 Å². The summed E-state index contributed by atoms with van der Waals surface area (Å²) in [4.78, 5) is 12.9. The molecule has 0 saturated carbocycles. The number of rotatable bonds is 7. The van der Waals surface area contributed by atoms with Crippen LogP contribution in [0.15, 0.2) is 0 Å². The number of carbonyl (C=O) groups is 1. The first-order valence-electron chi connectivity index (χ1n) is 5.80.